The molecule has 2 aromatic carbocycles. The number of benzene rings is 2. The van der Waals surface area contributed by atoms with Gasteiger partial charge in [0.1, 0.15) is 17.2 Å². The fourth-order valence-corrected chi connectivity index (χ4v) is 4.68. The molecule has 0 unspecified atom stereocenters. The molecule has 37 heavy (non-hydrogen) atoms. The second kappa shape index (κ2) is 12.9. The van der Waals surface area contributed by atoms with Gasteiger partial charge in [0.25, 0.3) is 5.91 Å². The summed E-state index contributed by atoms with van der Waals surface area (Å²) in [5, 5.41) is 3.13. The highest BCUT2D eigenvalue weighted by Gasteiger charge is 2.32. The Morgan fingerprint density at radius 1 is 1.08 bits per heavy atom. The molecular weight excluding hydrogens is 474 g/mol. The largest absolute Gasteiger partial charge is 0.494 e. The lowest BCUT2D eigenvalue weighted by Crippen LogP contribution is -2.57. The highest BCUT2D eigenvalue weighted by atomic mass is 16.5. The predicted octanol–water partition coefficient (Wildman–Crippen LogP) is 3.08. The van der Waals surface area contributed by atoms with E-state index in [1.807, 2.05) is 38.1 Å². The molecule has 2 atom stereocenters. The van der Waals surface area contributed by atoms with Crippen LogP contribution in [-0.4, -0.2) is 86.8 Å². The first-order valence-corrected chi connectivity index (χ1v) is 13.0. The number of carbonyl (C=O) groups excluding carboxylic acids is 2. The molecule has 2 aliphatic heterocycles. The summed E-state index contributed by atoms with van der Waals surface area (Å²) in [7, 11) is 1.62. The molecule has 0 saturated carbocycles. The van der Waals surface area contributed by atoms with Crippen molar-refractivity contribution in [2.75, 3.05) is 53.0 Å². The number of hydrogen-bond donors (Lipinski definition) is 1. The van der Waals surface area contributed by atoms with E-state index in [9.17, 15) is 9.59 Å². The second-order valence-corrected chi connectivity index (χ2v) is 9.35. The van der Waals surface area contributed by atoms with Gasteiger partial charge in [0, 0.05) is 44.9 Å². The number of ether oxygens (including phenoxy) is 4. The summed E-state index contributed by atoms with van der Waals surface area (Å²) in [5.41, 5.74) is 1.35. The van der Waals surface area contributed by atoms with E-state index in [1.54, 1.807) is 25.2 Å². The van der Waals surface area contributed by atoms with Crippen LogP contribution in [0.15, 0.2) is 42.5 Å². The van der Waals surface area contributed by atoms with Crippen molar-refractivity contribution in [1.29, 1.82) is 0 Å². The van der Waals surface area contributed by atoms with Gasteiger partial charge in [-0.1, -0.05) is 12.1 Å². The molecule has 4 bridgehead atoms. The van der Waals surface area contributed by atoms with E-state index in [-0.39, 0.29) is 30.5 Å². The van der Waals surface area contributed by atoms with E-state index >= 15 is 0 Å². The average Bonchev–Trinajstić information content (AvgIpc) is 2.87. The van der Waals surface area contributed by atoms with Crippen LogP contribution in [0.3, 0.4) is 0 Å². The molecule has 4 rings (SSSR count). The van der Waals surface area contributed by atoms with E-state index in [1.165, 1.54) is 4.90 Å². The van der Waals surface area contributed by atoms with Crippen molar-refractivity contribution in [1.82, 2.24) is 15.1 Å². The van der Waals surface area contributed by atoms with Crippen LogP contribution in [0.25, 0.3) is 0 Å². The summed E-state index contributed by atoms with van der Waals surface area (Å²) in [5.74, 6) is 1.13. The molecule has 0 aliphatic carbocycles. The summed E-state index contributed by atoms with van der Waals surface area (Å²) in [6.45, 7) is 8.28. The maximum absolute atomic E-state index is 13.2. The van der Waals surface area contributed by atoms with Crippen LogP contribution in [0, 0.1) is 0 Å². The van der Waals surface area contributed by atoms with Gasteiger partial charge in [-0.3, -0.25) is 14.5 Å². The molecule has 1 saturated heterocycles. The second-order valence-electron chi connectivity index (χ2n) is 9.35. The topological polar surface area (TPSA) is 89.6 Å². The smallest absolute Gasteiger partial charge is 0.254 e. The molecule has 0 spiro atoms. The molecule has 9 nitrogen and oxygen atoms in total. The molecule has 1 N–H and O–H groups in total. The summed E-state index contributed by atoms with van der Waals surface area (Å²) >= 11 is 0. The molecule has 2 aromatic rings. The maximum atomic E-state index is 13.2. The van der Waals surface area contributed by atoms with E-state index < -0.39 is 0 Å². The minimum atomic E-state index is -0.294. The third-order valence-electron chi connectivity index (χ3n) is 6.50. The van der Waals surface area contributed by atoms with Gasteiger partial charge in [-0.05, 0) is 50.1 Å². The third-order valence-corrected chi connectivity index (χ3v) is 6.50. The van der Waals surface area contributed by atoms with Gasteiger partial charge in [-0.2, -0.15) is 0 Å². The van der Waals surface area contributed by atoms with Gasteiger partial charge >= 0.3 is 0 Å². The van der Waals surface area contributed by atoms with Crippen molar-refractivity contribution >= 4 is 11.8 Å². The van der Waals surface area contributed by atoms with Crippen LogP contribution in [0.1, 0.15) is 36.2 Å². The first kappa shape index (κ1) is 26.9. The summed E-state index contributed by atoms with van der Waals surface area (Å²) in [4.78, 5) is 30.0. The van der Waals surface area contributed by atoms with Crippen molar-refractivity contribution in [2.24, 2.45) is 0 Å². The van der Waals surface area contributed by atoms with Gasteiger partial charge in [-0.25, -0.2) is 0 Å². The number of piperidine rings is 1. The molecule has 9 heteroatoms. The number of amides is 2. The van der Waals surface area contributed by atoms with Gasteiger partial charge < -0.3 is 29.2 Å². The Hall–Kier alpha value is -3.14. The fraction of sp³-hybridized carbons (Fsp3) is 0.500. The van der Waals surface area contributed by atoms with Gasteiger partial charge in [0.15, 0.2) is 0 Å². The number of likely N-dealkylation sites (tertiary alicyclic amines) is 1. The Labute approximate surface area is 218 Å². The highest BCUT2D eigenvalue weighted by molar-refractivity contribution is 5.97. The van der Waals surface area contributed by atoms with Crippen molar-refractivity contribution in [3.8, 4) is 17.2 Å². The van der Waals surface area contributed by atoms with E-state index in [4.69, 9.17) is 18.9 Å². The molecule has 0 aromatic heterocycles. The number of fused-ring (bicyclic) bond motifs is 5. The molecule has 0 radical (unpaired) electrons. The SMILES string of the molecule is CCOCCN1CC[C@H]2OCc3cccc(c3)Oc3cc(OCC)cc(c3)C(=O)N(C)CC(=O)N[C@H]2C1. The first-order valence-electron chi connectivity index (χ1n) is 13.0. The number of likely N-dealkylation sites (N-methyl/N-ethyl adjacent to an activating group) is 1. The van der Waals surface area contributed by atoms with Crippen molar-refractivity contribution in [3.05, 3.63) is 53.6 Å². The molecular formula is C28H37N3O6. The zero-order valence-corrected chi connectivity index (χ0v) is 21.9. The van der Waals surface area contributed by atoms with Gasteiger partial charge in [0.05, 0.1) is 38.5 Å². The number of carbonyl (C=O) groups is 2. The molecule has 200 valence electrons. The Bertz CT molecular complexity index is 1080. The highest BCUT2D eigenvalue weighted by Crippen LogP contribution is 2.29. The van der Waals surface area contributed by atoms with Crippen LogP contribution < -0.4 is 14.8 Å². The number of nitrogens with zero attached hydrogens (tertiary/aromatic N) is 2. The summed E-state index contributed by atoms with van der Waals surface area (Å²) in [6, 6.07) is 12.6. The lowest BCUT2D eigenvalue weighted by Gasteiger charge is -2.39. The van der Waals surface area contributed by atoms with Crippen LogP contribution in [0.2, 0.25) is 0 Å². The normalized spacial score (nSPS) is 21.1. The quantitative estimate of drug-likeness (QED) is 0.596. The number of hydrogen-bond acceptors (Lipinski definition) is 7. The maximum Gasteiger partial charge on any atom is 0.254 e. The zero-order chi connectivity index (χ0) is 26.2. The molecule has 2 amide bonds. The Kier molecular flexibility index (Phi) is 9.38. The number of nitrogens with one attached hydrogen (secondary N) is 1. The van der Waals surface area contributed by atoms with E-state index in [2.05, 4.69) is 10.2 Å². The van der Waals surface area contributed by atoms with Crippen molar-refractivity contribution < 1.29 is 28.5 Å². The Morgan fingerprint density at radius 3 is 2.76 bits per heavy atom. The lowest BCUT2D eigenvalue weighted by molar-refractivity contribution is -0.125. The first-order chi connectivity index (χ1) is 17.9. The lowest BCUT2D eigenvalue weighted by atomic mass is 10.0. The van der Waals surface area contributed by atoms with Gasteiger partial charge in [0.2, 0.25) is 5.91 Å². The zero-order valence-electron chi connectivity index (χ0n) is 21.9. The summed E-state index contributed by atoms with van der Waals surface area (Å²) in [6.07, 6.45) is 0.638. The van der Waals surface area contributed by atoms with Crippen LogP contribution in [0.5, 0.6) is 17.2 Å². The fourth-order valence-electron chi connectivity index (χ4n) is 4.68. The summed E-state index contributed by atoms with van der Waals surface area (Å²) < 4.78 is 23.6. The Balaban J connectivity index is 1.60. The molecule has 2 aliphatic rings. The average molecular weight is 512 g/mol. The molecule has 1 fully saturated rings. The van der Waals surface area contributed by atoms with E-state index in [0.29, 0.717) is 55.8 Å². The predicted molar refractivity (Wildman–Crippen MR) is 139 cm³/mol. The van der Waals surface area contributed by atoms with Crippen LogP contribution >= 0.6 is 0 Å². The monoisotopic (exact) mass is 511 g/mol. The third kappa shape index (κ3) is 7.44. The van der Waals surface area contributed by atoms with Crippen molar-refractivity contribution in [2.45, 2.75) is 39.0 Å². The minimum absolute atomic E-state index is 0.0743. The van der Waals surface area contributed by atoms with E-state index in [0.717, 1.165) is 25.1 Å². The Morgan fingerprint density at radius 2 is 1.95 bits per heavy atom. The number of rotatable bonds is 6. The van der Waals surface area contributed by atoms with Crippen LogP contribution in [0.4, 0.5) is 0 Å². The molecule has 2 heterocycles. The van der Waals surface area contributed by atoms with Crippen LogP contribution in [-0.2, 0) is 20.9 Å². The minimum Gasteiger partial charge on any atom is -0.494 e. The van der Waals surface area contributed by atoms with Crippen molar-refractivity contribution in [3.63, 3.8) is 0 Å². The standard InChI is InChI=1S/C28H37N3O6/c1-4-34-12-11-31-10-9-26-25(17-31)29-27(32)18-30(3)28(33)21-14-23(35-5-2)16-24(15-21)37-22-8-6-7-20(13-22)19-36-26/h6-8,13-16,25-26H,4-5,9-12,17-19H2,1-3H3,(H,29,32)/t25-,26+/m0/s1. The van der Waals surface area contributed by atoms with Gasteiger partial charge in [-0.15, -0.1) is 0 Å².